The molecule has 1 fully saturated rings. The van der Waals surface area contributed by atoms with Gasteiger partial charge in [0.05, 0.1) is 6.54 Å². The fraction of sp³-hybridized carbons (Fsp3) is 0.875. The van der Waals surface area contributed by atoms with Crippen LogP contribution in [0.5, 0.6) is 0 Å². The number of rotatable bonds is 4. The number of tetrazole rings is 1. The van der Waals surface area contributed by atoms with Gasteiger partial charge < -0.3 is 5.32 Å². The molecule has 1 heterocycles. The van der Waals surface area contributed by atoms with Crippen LogP contribution >= 0.6 is 0 Å². The van der Waals surface area contributed by atoms with E-state index in [0.717, 1.165) is 5.82 Å². The zero-order chi connectivity index (χ0) is 9.31. The summed E-state index contributed by atoms with van der Waals surface area (Å²) in [6.07, 6.45) is 2.65. The van der Waals surface area contributed by atoms with Crippen molar-refractivity contribution in [3.05, 3.63) is 5.82 Å². The highest BCUT2D eigenvalue weighted by atomic mass is 15.5. The van der Waals surface area contributed by atoms with Crippen molar-refractivity contribution in [1.82, 2.24) is 25.9 Å². The maximum Gasteiger partial charge on any atom is 0.188 e. The van der Waals surface area contributed by atoms with Crippen molar-refractivity contribution in [2.24, 2.45) is 5.41 Å². The number of H-pyrrole nitrogens is 1. The van der Waals surface area contributed by atoms with Gasteiger partial charge in [0.25, 0.3) is 0 Å². The Morgan fingerprint density at radius 1 is 1.62 bits per heavy atom. The lowest BCUT2D eigenvalue weighted by Crippen LogP contribution is -2.33. The Labute approximate surface area is 77.3 Å². The minimum Gasteiger partial charge on any atom is -0.307 e. The van der Waals surface area contributed by atoms with E-state index in [-0.39, 0.29) is 0 Å². The van der Waals surface area contributed by atoms with Gasteiger partial charge in [-0.3, -0.25) is 0 Å². The Kier molecular flexibility index (Phi) is 2.03. The number of aromatic amines is 1. The minimum atomic E-state index is 0.504. The molecule has 0 aromatic carbocycles. The van der Waals surface area contributed by atoms with Crippen LogP contribution in [-0.2, 0) is 6.54 Å². The fourth-order valence-electron chi connectivity index (χ4n) is 1.38. The Bertz CT molecular complexity index is 264. The molecule has 1 aliphatic carbocycles. The quantitative estimate of drug-likeness (QED) is 0.709. The largest absolute Gasteiger partial charge is 0.307 e. The summed E-state index contributed by atoms with van der Waals surface area (Å²) in [7, 11) is 0. The summed E-state index contributed by atoms with van der Waals surface area (Å²) in [5.41, 5.74) is 0.504. The van der Waals surface area contributed by atoms with E-state index in [1.54, 1.807) is 0 Å². The second kappa shape index (κ2) is 3.06. The topological polar surface area (TPSA) is 66.5 Å². The molecule has 1 unspecified atom stereocenters. The van der Waals surface area contributed by atoms with Gasteiger partial charge in [0.1, 0.15) is 0 Å². The highest BCUT2D eigenvalue weighted by Gasteiger charge is 2.42. The van der Waals surface area contributed by atoms with Crippen LogP contribution in [-0.4, -0.2) is 26.7 Å². The van der Waals surface area contributed by atoms with Gasteiger partial charge in [-0.05, 0) is 25.2 Å². The molecule has 0 saturated heterocycles. The molecule has 13 heavy (non-hydrogen) atoms. The minimum absolute atomic E-state index is 0.504. The third-order valence-electron chi connectivity index (χ3n) is 3.04. The maximum atomic E-state index is 3.88. The normalized spacial score (nSPS) is 21.4. The molecule has 0 radical (unpaired) electrons. The Balaban J connectivity index is 1.79. The molecular formula is C8H15N5. The molecular weight excluding hydrogens is 166 g/mol. The predicted molar refractivity (Wildman–Crippen MR) is 47.8 cm³/mol. The molecule has 2 rings (SSSR count). The summed E-state index contributed by atoms with van der Waals surface area (Å²) in [6.45, 7) is 5.22. The highest BCUT2D eigenvalue weighted by Crippen LogP contribution is 2.47. The molecule has 1 atom stereocenters. The SMILES string of the molecule is CC(NCc1nn[nH]n1)C1(C)CC1. The lowest BCUT2D eigenvalue weighted by molar-refractivity contribution is 0.376. The van der Waals surface area contributed by atoms with Gasteiger partial charge in [-0.1, -0.05) is 12.1 Å². The lowest BCUT2D eigenvalue weighted by Gasteiger charge is -2.19. The van der Waals surface area contributed by atoms with Gasteiger partial charge in [-0.15, -0.1) is 10.2 Å². The monoisotopic (exact) mass is 181 g/mol. The molecule has 0 amide bonds. The zero-order valence-electron chi connectivity index (χ0n) is 8.04. The predicted octanol–water partition coefficient (Wildman–Crippen LogP) is 0.478. The molecule has 1 aromatic heterocycles. The second-order valence-electron chi connectivity index (χ2n) is 4.08. The first-order chi connectivity index (χ1) is 6.21. The molecule has 0 spiro atoms. The standard InChI is InChI=1S/C8H15N5/c1-6(8(2)3-4-8)9-5-7-10-12-13-11-7/h6,9H,3-5H2,1-2H3,(H,10,11,12,13). The van der Waals surface area contributed by atoms with E-state index in [0.29, 0.717) is 18.0 Å². The number of aromatic nitrogens is 4. The van der Waals surface area contributed by atoms with Crippen molar-refractivity contribution in [3.8, 4) is 0 Å². The van der Waals surface area contributed by atoms with Crippen LogP contribution in [0.4, 0.5) is 0 Å². The molecule has 1 aliphatic rings. The molecule has 0 bridgehead atoms. The number of nitrogens with one attached hydrogen (secondary N) is 2. The first kappa shape index (κ1) is 8.62. The highest BCUT2D eigenvalue weighted by molar-refractivity contribution is 4.97. The summed E-state index contributed by atoms with van der Waals surface area (Å²) in [6, 6.07) is 0.533. The second-order valence-corrected chi connectivity index (χ2v) is 4.08. The van der Waals surface area contributed by atoms with Crippen LogP contribution in [0, 0.1) is 5.41 Å². The number of hydrogen-bond donors (Lipinski definition) is 2. The molecule has 0 aliphatic heterocycles. The molecule has 1 aromatic rings. The van der Waals surface area contributed by atoms with Crippen LogP contribution in [0.25, 0.3) is 0 Å². The van der Waals surface area contributed by atoms with Crippen LogP contribution < -0.4 is 5.32 Å². The molecule has 2 N–H and O–H groups in total. The Morgan fingerprint density at radius 3 is 2.92 bits per heavy atom. The third-order valence-corrected chi connectivity index (χ3v) is 3.04. The summed E-state index contributed by atoms with van der Waals surface area (Å²) >= 11 is 0. The van der Waals surface area contributed by atoms with Gasteiger partial charge in [0, 0.05) is 6.04 Å². The lowest BCUT2D eigenvalue weighted by atomic mass is 10.0. The molecule has 5 nitrogen and oxygen atoms in total. The van der Waals surface area contributed by atoms with E-state index in [2.05, 4.69) is 39.8 Å². The van der Waals surface area contributed by atoms with Crippen LogP contribution in [0.15, 0.2) is 0 Å². The number of hydrogen-bond acceptors (Lipinski definition) is 4. The van der Waals surface area contributed by atoms with E-state index in [4.69, 9.17) is 0 Å². The van der Waals surface area contributed by atoms with Crippen molar-refractivity contribution in [2.75, 3.05) is 0 Å². The van der Waals surface area contributed by atoms with Gasteiger partial charge >= 0.3 is 0 Å². The van der Waals surface area contributed by atoms with Crippen molar-refractivity contribution in [3.63, 3.8) is 0 Å². The van der Waals surface area contributed by atoms with Crippen molar-refractivity contribution in [1.29, 1.82) is 0 Å². The average molecular weight is 181 g/mol. The van der Waals surface area contributed by atoms with Gasteiger partial charge in [0.15, 0.2) is 5.82 Å². The van der Waals surface area contributed by atoms with Crippen LogP contribution in [0.1, 0.15) is 32.5 Å². The van der Waals surface area contributed by atoms with E-state index >= 15 is 0 Å². The number of nitrogens with zero attached hydrogens (tertiary/aromatic N) is 3. The first-order valence-corrected chi connectivity index (χ1v) is 4.66. The molecule has 5 heteroatoms. The Hall–Kier alpha value is -0.970. The summed E-state index contributed by atoms with van der Waals surface area (Å²) in [5, 5.41) is 17.1. The van der Waals surface area contributed by atoms with Crippen molar-refractivity contribution in [2.45, 2.75) is 39.3 Å². The average Bonchev–Trinajstić information content (AvgIpc) is 2.70. The third kappa shape index (κ3) is 1.85. The Morgan fingerprint density at radius 2 is 2.38 bits per heavy atom. The van der Waals surface area contributed by atoms with E-state index in [1.165, 1.54) is 12.8 Å². The van der Waals surface area contributed by atoms with Crippen LogP contribution in [0.2, 0.25) is 0 Å². The van der Waals surface area contributed by atoms with E-state index < -0.39 is 0 Å². The van der Waals surface area contributed by atoms with Crippen LogP contribution in [0.3, 0.4) is 0 Å². The van der Waals surface area contributed by atoms with Gasteiger partial charge in [-0.25, -0.2) is 0 Å². The van der Waals surface area contributed by atoms with E-state index in [1.807, 2.05) is 0 Å². The van der Waals surface area contributed by atoms with Crippen molar-refractivity contribution >= 4 is 0 Å². The molecule has 72 valence electrons. The summed E-state index contributed by atoms with van der Waals surface area (Å²) in [5.74, 6) is 0.733. The fourth-order valence-corrected chi connectivity index (χ4v) is 1.38. The summed E-state index contributed by atoms with van der Waals surface area (Å²) in [4.78, 5) is 0. The first-order valence-electron chi connectivity index (χ1n) is 4.66. The van der Waals surface area contributed by atoms with Gasteiger partial charge in [-0.2, -0.15) is 5.21 Å². The van der Waals surface area contributed by atoms with Crippen molar-refractivity contribution < 1.29 is 0 Å². The van der Waals surface area contributed by atoms with E-state index in [9.17, 15) is 0 Å². The maximum absolute atomic E-state index is 3.88. The molecule has 1 saturated carbocycles. The summed E-state index contributed by atoms with van der Waals surface area (Å²) < 4.78 is 0. The zero-order valence-corrected chi connectivity index (χ0v) is 8.04. The smallest absolute Gasteiger partial charge is 0.188 e. The van der Waals surface area contributed by atoms with Gasteiger partial charge in [0.2, 0.25) is 0 Å².